The molecule has 2 rings (SSSR count). The third-order valence-corrected chi connectivity index (χ3v) is 5.58. The van der Waals surface area contributed by atoms with Crippen LogP contribution in [0.3, 0.4) is 0 Å². The summed E-state index contributed by atoms with van der Waals surface area (Å²) in [7, 11) is -3.61. The van der Waals surface area contributed by atoms with Crippen LogP contribution in [0.5, 0.6) is 0 Å². The average Bonchev–Trinajstić information content (AvgIpc) is 2.48. The molecule has 1 aliphatic rings. The maximum atomic E-state index is 13.2. The Labute approximate surface area is 124 Å². The lowest BCUT2D eigenvalue weighted by Crippen LogP contribution is -3.14. The van der Waals surface area contributed by atoms with E-state index in [9.17, 15) is 12.8 Å². The van der Waals surface area contributed by atoms with Crippen LogP contribution < -0.4 is 4.90 Å². The first-order valence-electron chi connectivity index (χ1n) is 7.00. The third-order valence-electron chi connectivity index (χ3n) is 3.68. The van der Waals surface area contributed by atoms with E-state index in [4.69, 9.17) is 5.26 Å². The molecule has 21 heavy (non-hydrogen) atoms. The Kier molecular flexibility index (Phi) is 5.28. The topological polar surface area (TPSA) is 65.6 Å². The summed E-state index contributed by atoms with van der Waals surface area (Å²) in [5, 5.41) is 8.52. The van der Waals surface area contributed by atoms with Crippen molar-refractivity contribution in [2.45, 2.75) is 17.7 Å². The van der Waals surface area contributed by atoms with Gasteiger partial charge in [0, 0.05) is 12.8 Å². The van der Waals surface area contributed by atoms with Gasteiger partial charge in [0.05, 0.1) is 43.7 Å². The van der Waals surface area contributed by atoms with E-state index >= 15 is 0 Å². The van der Waals surface area contributed by atoms with Gasteiger partial charge in [-0.2, -0.15) is 9.57 Å². The lowest BCUT2D eigenvalue weighted by atomic mass is 10.3. The number of halogens is 1. The molecular formula is C14H19FN3O2S+. The quantitative estimate of drug-likeness (QED) is 0.780. The Morgan fingerprint density at radius 2 is 2.05 bits per heavy atom. The standard InChI is InChI=1S/C14H18FN3O2S/c15-13-4-3-5-14(12-13)21(19,20)18-10-8-17(9-11-18)7-2-1-6-16/h3-5,12H,1-2,7-11H2/p+1. The minimum Gasteiger partial charge on any atom is -0.333 e. The summed E-state index contributed by atoms with van der Waals surface area (Å²) < 4.78 is 39.4. The van der Waals surface area contributed by atoms with Crippen LogP contribution in [-0.4, -0.2) is 45.4 Å². The molecule has 1 heterocycles. The molecule has 1 N–H and O–H groups in total. The van der Waals surface area contributed by atoms with Crippen molar-refractivity contribution in [1.82, 2.24) is 4.31 Å². The largest absolute Gasteiger partial charge is 0.333 e. The molecule has 0 unspecified atom stereocenters. The van der Waals surface area contributed by atoms with E-state index in [1.807, 2.05) is 0 Å². The fourth-order valence-corrected chi connectivity index (χ4v) is 3.96. The number of unbranched alkanes of at least 4 members (excludes halogenated alkanes) is 1. The molecule has 0 atom stereocenters. The normalized spacial score (nSPS) is 17.5. The lowest BCUT2D eigenvalue weighted by molar-refractivity contribution is -0.903. The number of piperazine rings is 1. The second-order valence-electron chi connectivity index (χ2n) is 5.12. The third kappa shape index (κ3) is 4.00. The Morgan fingerprint density at radius 3 is 2.67 bits per heavy atom. The van der Waals surface area contributed by atoms with E-state index in [0.717, 1.165) is 32.1 Å². The predicted molar refractivity (Wildman–Crippen MR) is 75.6 cm³/mol. The van der Waals surface area contributed by atoms with Crippen molar-refractivity contribution >= 4 is 10.0 Å². The Hall–Kier alpha value is -1.49. The van der Waals surface area contributed by atoms with Crippen LogP contribution >= 0.6 is 0 Å². The van der Waals surface area contributed by atoms with Crippen LogP contribution in [0, 0.1) is 17.1 Å². The van der Waals surface area contributed by atoms with Crippen LogP contribution in [0.15, 0.2) is 29.2 Å². The lowest BCUT2D eigenvalue weighted by Gasteiger charge is -2.31. The summed E-state index contributed by atoms with van der Waals surface area (Å²) >= 11 is 0. The van der Waals surface area contributed by atoms with E-state index in [1.54, 1.807) is 0 Å². The zero-order valence-electron chi connectivity index (χ0n) is 11.8. The van der Waals surface area contributed by atoms with Gasteiger partial charge in [-0.05, 0) is 18.2 Å². The number of benzene rings is 1. The number of quaternary nitrogens is 1. The second-order valence-corrected chi connectivity index (χ2v) is 7.06. The first kappa shape index (κ1) is 15.9. The molecule has 1 aromatic carbocycles. The molecule has 0 radical (unpaired) electrons. The summed E-state index contributed by atoms with van der Waals surface area (Å²) in [6.45, 7) is 3.20. The van der Waals surface area contributed by atoms with Crippen LogP contribution in [0.25, 0.3) is 0 Å². The molecule has 0 bridgehead atoms. The van der Waals surface area contributed by atoms with Crippen LogP contribution in [-0.2, 0) is 10.0 Å². The van der Waals surface area contributed by atoms with E-state index < -0.39 is 15.8 Å². The molecule has 5 nitrogen and oxygen atoms in total. The van der Waals surface area contributed by atoms with Crippen molar-refractivity contribution in [2.75, 3.05) is 32.7 Å². The van der Waals surface area contributed by atoms with Gasteiger partial charge in [0.2, 0.25) is 10.0 Å². The van der Waals surface area contributed by atoms with Gasteiger partial charge in [0.1, 0.15) is 5.82 Å². The van der Waals surface area contributed by atoms with Gasteiger partial charge < -0.3 is 4.90 Å². The van der Waals surface area contributed by atoms with Gasteiger partial charge in [-0.1, -0.05) is 6.07 Å². The summed E-state index contributed by atoms with van der Waals surface area (Å²) in [6, 6.07) is 7.23. The molecule has 7 heteroatoms. The minimum absolute atomic E-state index is 0.00966. The van der Waals surface area contributed by atoms with E-state index in [0.29, 0.717) is 19.5 Å². The first-order chi connectivity index (χ1) is 10.0. The second kappa shape index (κ2) is 6.98. The summed E-state index contributed by atoms with van der Waals surface area (Å²) in [5.74, 6) is -0.545. The molecule has 114 valence electrons. The van der Waals surface area contributed by atoms with Gasteiger partial charge in [-0.3, -0.25) is 0 Å². The van der Waals surface area contributed by atoms with Gasteiger partial charge in [-0.15, -0.1) is 0 Å². The van der Waals surface area contributed by atoms with Crippen molar-refractivity contribution in [3.8, 4) is 6.07 Å². The highest BCUT2D eigenvalue weighted by Crippen LogP contribution is 2.16. The van der Waals surface area contributed by atoms with Gasteiger partial charge in [-0.25, -0.2) is 12.8 Å². The predicted octanol–water partition coefficient (Wildman–Crippen LogP) is 0.0187. The molecule has 0 spiro atoms. The van der Waals surface area contributed by atoms with Gasteiger partial charge >= 0.3 is 0 Å². The van der Waals surface area contributed by atoms with E-state index in [2.05, 4.69) is 6.07 Å². The number of rotatable bonds is 5. The maximum Gasteiger partial charge on any atom is 0.243 e. The average molecular weight is 312 g/mol. The monoisotopic (exact) mass is 312 g/mol. The summed E-state index contributed by atoms with van der Waals surface area (Å²) in [6.07, 6.45) is 1.37. The fourth-order valence-electron chi connectivity index (χ4n) is 2.49. The zero-order chi connectivity index (χ0) is 15.3. The van der Waals surface area contributed by atoms with Crippen LogP contribution in [0.4, 0.5) is 4.39 Å². The minimum atomic E-state index is -3.61. The molecule has 0 saturated carbocycles. The van der Waals surface area contributed by atoms with Crippen molar-refractivity contribution in [3.63, 3.8) is 0 Å². The summed E-state index contributed by atoms with van der Waals surface area (Å²) in [5.41, 5.74) is 0. The molecule has 1 aromatic rings. The number of hydrogen-bond donors (Lipinski definition) is 1. The highest BCUT2D eigenvalue weighted by Gasteiger charge is 2.30. The molecule has 1 saturated heterocycles. The first-order valence-corrected chi connectivity index (χ1v) is 8.44. The number of nitriles is 1. The molecule has 0 amide bonds. The molecule has 0 aromatic heterocycles. The number of nitrogens with one attached hydrogen (secondary N) is 1. The van der Waals surface area contributed by atoms with Gasteiger partial charge in [0.15, 0.2) is 0 Å². The highest BCUT2D eigenvalue weighted by molar-refractivity contribution is 7.89. The van der Waals surface area contributed by atoms with E-state index in [1.165, 1.54) is 27.4 Å². The number of hydrogen-bond acceptors (Lipinski definition) is 3. The maximum absolute atomic E-state index is 13.2. The van der Waals surface area contributed by atoms with Crippen LogP contribution in [0.1, 0.15) is 12.8 Å². The molecule has 1 aliphatic heterocycles. The van der Waals surface area contributed by atoms with Crippen molar-refractivity contribution in [2.24, 2.45) is 0 Å². The van der Waals surface area contributed by atoms with Crippen molar-refractivity contribution in [3.05, 3.63) is 30.1 Å². The number of sulfonamides is 1. The van der Waals surface area contributed by atoms with Crippen molar-refractivity contribution in [1.29, 1.82) is 5.26 Å². The van der Waals surface area contributed by atoms with E-state index in [-0.39, 0.29) is 4.90 Å². The SMILES string of the molecule is N#CCCC[NH+]1CCN(S(=O)(=O)c2cccc(F)c2)CC1. The Bertz CT molecular complexity index is 619. The fraction of sp³-hybridized carbons (Fsp3) is 0.500. The highest BCUT2D eigenvalue weighted by atomic mass is 32.2. The molecule has 1 fully saturated rings. The Balaban J connectivity index is 1.97. The van der Waals surface area contributed by atoms with Crippen molar-refractivity contribution < 1.29 is 17.7 Å². The summed E-state index contributed by atoms with van der Waals surface area (Å²) in [4.78, 5) is 1.33. The Morgan fingerprint density at radius 1 is 1.33 bits per heavy atom. The van der Waals surface area contributed by atoms with Gasteiger partial charge in [0.25, 0.3) is 0 Å². The number of nitrogens with zero attached hydrogens (tertiary/aromatic N) is 2. The molecular weight excluding hydrogens is 293 g/mol. The molecule has 0 aliphatic carbocycles. The smallest absolute Gasteiger partial charge is 0.243 e. The van der Waals surface area contributed by atoms with Crippen LogP contribution in [0.2, 0.25) is 0 Å². The zero-order valence-corrected chi connectivity index (χ0v) is 12.6.